The number of rotatable bonds is 6. The van der Waals surface area contributed by atoms with Crippen LogP contribution in [0.1, 0.15) is 33.4 Å². The zero-order chi connectivity index (χ0) is 19.3. The molecular weight excluding hydrogens is 408 g/mol. The maximum atomic E-state index is 12.3. The van der Waals surface area contributed by atoms with E-state index in [2.05, 4.69) is 20.7 Å². The zero-order valence-corrected chi connectivity index (χ0v) is 16.0. The summed E-state index contributed by atoms with van der Waals surface area (Å²) in [6.45, 7) is 1.85. The molecule has 0 saturated carbocycles. The second-order valence-corrected chi connectivity index (χ2v) is 6.00. The summed E-state index contributed by atoms with van der Waals surface area (Å²) in [4.78, 5) is 36.4. The normalized spacial score (nSPS) is 10.3. The summed E-state index contributed by atoms with van der Waals surface area (Å²) >= 11 is 3.33. The first kappa shape index (κ1) is 19.7. The number of esters is 3. The number of furan rings is 1. The van der Waals surface area contributed by atoms with E-state index in [1.54, 1.807) is 31.2 Å². The Bertz CT molecular complexity index is 821. The first-order chi connectivity index (χ1) is 12.4. The fourth-order valence-electron chi connectivity index (χ4n) is 2.38. The summed E-state index contributed by atoms with van der Waals surface area (Å²) in [6.07, 6.45) is -0.260. The lowest BCUT2D eigenvalue weighted by Gasteiger charge is -2.06. The molecule has 1 aromatic heterocycles. The molecule has 1 aromatic carbocycles. The molecule has 2 rings (SSSR count). The van der Waals surface area contributed by atoms with E-state index in [0.717, 1.165) is 11.6 Å². The van der Waals surface area contributed by atoms with Crippen LogP contribution in [0, 0.1) is 0 Å². The molecule has 0 N–H and O–H groups in total. The molecule has 0 amide bonds. The van der Waals surface area contributed by atoms with Crippen molar-refractivity contribution in [2.75, 3.05) is 20.8 Å². The average Bonchev–Trinajstić information content (AvgIpc) is 3.00. The van der Waals surface area contributed by atoms with Gasteiger partial charge in [0.2, 0.25) is 5.76 Å². The smallest absolute Gasteiger partial charge is 0.374 e. The van der Waals surface area contributed by atoms with Gasteiger partial charge in [-0.1, -0.05) is 28.1 Å². The third-order valence-corrected chi connectivity index (χ3v) is 4.03. The van der Waals surface area contributed by atoms with Gasteiger partial charge in [-0.05, 0) is 19.1 Å². The van der Waals surface area contributed by atoms with Gasteiger partial charge in [0.25, 0.3) is 0 Å². The molecule has 0 spiro atoms. The Morgan fingerprint density at radius 3 is 2.19 bits per heavy atom. The van der Waals surface area contributed by atoms with Crippen LogP contribution in [0.3, 0.4) is 0 Å². The standard InChI is InChI=1S/C18H17BrO7/c1-4-25-13(20)9-12-14(17(21)23-2)16(18(22)24-3)26-15(12)10-5-7-11(19)8-6-10/h5-8H,4,9H2,1-3H3. The molecule has 0 radical (unpaired) electrons. The average molecular weight is 425 g/mol. The molecule has 0 fully saturated rings. The lowest BCUT2D eigenvalue weighted by atomic mass is 10.0. The predicted molar refractivity (Wildman–Crippen MR) is 94.9 cm³/mol. The Hall–Kier alpha value is -2.61. The summed E-state index contributed by atoms with van der Waals surface area (Å²) in [5.41, 5.74) is 0.635. The molecule has 0 aliphatic heterocycles. The van der Waals surface area contributed by atoms with E-state index in [0.29, 0.717) is 5.56 Å². The van der Waals surface area contributed by atoms with Gasteiger partial charge in [-0.2, -0.15) is 0 Å². The van der Waals surface area contributed by atoms with Gasteiger partial charge in [-0.3, -0.25) is 4.79 Å². The maximum absolute atomic E-state index is 12.3. The Morgan fingerprint density at radius 1 is 1.04 bits per heavy atom. The van der Waals surface area contributed by atoms with Crippen molar-refractivity contribution in [3.8, 4) is 11.3 Å². The maximum Gasteiger partial charge on any atom is 0.374 e. The minimum absolute atomic E-state index is 0.148. The molecule has 0 atom stereocenters. The fourth-order valence-corrected chi connectivity index (χ4v) is 2.64. The van der Waals surface area contributed by atoms with Gasteiger partial charge >= 0.3 is 17.9 Å². The molecule has 1 heterocycles. The number of hydrogen-bond acceptors (Lipinski definition) is 7. The molecule has 0 aliphatic carbocycles. The van der Waals surface area contributed by atoms with Crippen molar-refractivity contribution in [1.29, 1.82) is 0 Å². The first-order valence-corrected chi connectivity index (χ1v) is 8.46. The van der Waals surface area contributed by atoms with Crippen molar-refractivity contribution in [3.05, 3.63) is 45.6 Å². The summed E-state index contributed by atoms with van der Waals surface area (Å²) in [5.74, 6) is -2.34. The highest BCUT2D eigenvalue weighted by atomic mass is 79.9. The number of methoxy groups -OCH3 is 2. The lowest BCUT2D eigenvalue weighted by Crippen LogP contribution is -2.14. The molecule has 0 aliphatic rings. The van der Waals surface area contributed by atoms with Crippen LogP contribution in [0.4, 0.5) is 0 Å². The van der Waals surface area contributed by atoms with Crippen LogP contribution in [0.2, 0.25) is 0 Å². The Kier molecular flexibility index (Phi) is 6.57. The lowest BCUT2D eigenvalue weighted by molar-refractivity contribution is -0.142. The number of halogens is 1. The SMILES string of the molecule is CCOC(=O)Cc1c(-c2ccc(Br)cc2)oc(C(=O)OC)c1C(=O)OC. The summed E-state index contributed by atoms with van der Waals surface area (Å²) in [7, 11) is 2.33. The number of hydrogen-bond donors (Lipinski definition) is 0. The first-order valence-electron chi connectivity index (χ1n) is 7.66. The number of benzene rings is 1. The van der Waals surface area contributed by atoms with Crippen LogP contribution in [0.25, 0.3) is 11.3 Å². The topological polar surface area (TPSA) is 92.0 Å². The molecule has 0 bridgehead atoms. The minimum Gasteiger partial charge on any atom is -0.466 e. The van der Waals surface area contributed by atoms with E-state index in [-0.39, 0.29) is 35.7 Å². The highest BCUT2D eigenvalue weighted by Crippen LogP contribution is 2.34. The second-order valence-electron chi connectivity index (χ2n) is 5.09. The van der Waals surface area contributed by atoms with Crippen molar-refractivity contribution in [2.45, 2.75) is 13.3 Å². The van der Waals surface area contributed by atoms with Crippen molar-refractivity contribution < 1.29 is 33.0 Å². The predicted octanol–water partition coefficient (Wildman–Crippen LogP) is 3.39. The Balaban J connectivity index is 2.69. The van der Waals surface area contributed by atoms with Crippen molar-refractivity contribution in [2.24, 2.45) is 0 Å². The Morgan fingerprint density at radius 2 is 1.65 bits per heavy atom. The summed E-state index contributed by atoms with van der Waals surface area (Å²) < 4.78 is 20.9. The zero-order valence-electron chi connectivity index (χ0n) is 14.5. The van der Waals surface area contributed by atoms with Crippen molar-refractivity contribution in [3.63, 3.8) is 0 Å². The van der Waals surface area contributed by atoms with E-state index < -0.39 is 17.9 Å². The molecule has 26 heavy (non-hydrogen) atoms. The third kappa shape index (κ3) is 4.13. The molecule has 138 valence electrons. The van der Waals surface area contributed by atoms with Crippen molar-refractivity contribution >= 4 is 33.8 Å². The molecular formula is C18H17BrO7. The monoisotopic (exact) mass is 424 g/mol. The van der Waals surface area contributed by atoms with Gasteiger partial charge < -0.3 is 18.6 Å². The molecule has 0 unspecified atom stereocenters. The second kappa shape index (κ2) is 8.66. The van der Waals surface area contributed by atoms with E-state index in [1.807, 2.05) is 0 Å². The summed E-state index contributed by atoms with van der Waals surface area (Å²) in [6, 6.07) is 6.97. The van der Waals surface area contributed by atoms with Crippen LogP contribution in [-0.4, -0.2) is 38.7 Å². The van der Waals surface area contributed by atoms with E-state index in [4.69, 9.17) is 13.9 Å². The van der Waals surface area contributed by atoms with Gasteiger partial charge in [0.1, 0.15) is 11.3 Å². The summed E-state index contributed by atoms with van der Waals surface area (Å²) in [5, 5.41) is 0. The van der Waals surface area contributed by atoms with Crippen LogP contribution >= 0.6 is 15.9 Å². The fraction of sp³-hybridized carbons (Fsp3) is 0.278. The van der Waals surface area contributed by atoms with Crippen LogP contribution in [0.5, 0.6) is 0 Å². The van der Waals surface area contributed by atoms with Gasteiger partial charge in [-0.25, -0.2) is 9.59 Å². The number of ether oxygens (including phenoxy) is 3. The largest absolute Gasteiger partial charge is 0.466 e. The van der Waals surface area contributed by atoms with Gasteiger partial charge in [0.15, 0.2) is 0 Å². The van der Waals surface area contributed by atoms with Crippen molar-refractivity contribution in [1.82, 2.24) is 0 Å². The highest BCUT2D eigenvalue weighted by molar-refractivity contribution is 9.10. The molecule has 8 heteroatoms. The molecule has 0 saturated heterocycles. The quantitative estimate of drug-likeness (QED) is 0.518. The minimum atomic E-state index is -0.848. The van der Waals surface area contributed by atoms with Crippen LogP contribution < -0.4 is 0 Å². The van der Waals surface area contributed by atoms with Crippen LogP contribution in [-0.2, 0) is 25.4 Å². The van der Waals surface area contributed by atoms with Gasteiger partial charge in [0.05, 0.1) is 27.2 Å². The van der Waals surface area contributed by atoms with E-state index in [1.165, 1.54) is 7.11 Å². The number of carbonyl (C=O) groups is 3. The highest BCUT2D eigenvalue weighted by Gasteiger charge is 2.32. The molecule has 7 nitrogen and oxygen atoms in total. The van der Waals surface area contributed by atoms with Crippen LogP contribution in [0.15, 0.2) is 33.2 Å². The van der Waals surface area contributed by atoms with E-state index in [9.17, 15) is 14.4 Å². The van der Waals surface area contributed by atoms with E-state index >= 15 is 0 Å². The molecule has 2 aromatic rings. The van der Waals surface area contributed by atoms with Gasteiger partial charge in [0, 0.05) is 15.6 Å². The Labute approximate surface area is 158 Å². The number of carbonyl (C=O) groups excluding carboxylic acids is 3. The van der Waals surface area contributed by atoms with Gasteiger partial charge in [-0.15, -0.1) is 0 Å². The third-order valence-electron chi connectivity index (χ3n) is 3.50.